The minimum atomic E-state index is 0. The van der Waals surface area contributed by atoms with Crippen LogP contribution in [0.25, 0.3) is 0 Å². The number of para-hydroxylation sites is 1. The molecule has 0 fully saturated rings. The van der Waals surface area contributed by atoms with Crippen molar-refractivity contribution in [1.29, 1.82) is 0 Å². The van der Waals surface area contributed by atoms with E-state index in [0.29, 0.717) is 13.2 Å². The van der Waals surface area contributed by atoms with E-state index in [2.05, 4.69) is 47.4 Å². The molecule has 0 bridgehead atoms. The number of nitrogens with zero attached hydrogens (tertiary/aromatic N) is 2. The van der Waals surface area contributed by atoms with Crippen LogP contribution in [0.5, 0.6) is 5.75 Å². The van der Waals surface area contributed by atoms with Crippen molar-refractivity contribution >= 4 is 41.3 Å². The fraction of sp³-hybridized carbons (Fsp3) is 0.474. The van der Waals surface area contributed by atoms with E-state index in [1.165, 1.54) is 4.88 Å². The Bertz CT molecular complexity index is 675. The first-order valence-electron chi connectivity index (χ1n) is 8.87. The van der Waals surface area contributed by atoms with Gasteiger partial charge in [-0.25, -0.2) is 4.98 Å². The monoisotopic (exact) mass is 488 g/mol. The van der Waals surface area contributed by atoms with Crippen LogP contribution >= 0.6 is 35.3 Å². The summed E-state index contributed by atoms with van der Waals surface area (Å²) in [5.41, 5.74) is 1.15. The maximum Gasteiger partial charge on any atom is 0.191 e. The number of aryl methyl sites for hydroxylation is 2. The largest absolute Gasteiger partial charge is 0.491 e. The number of hydrogen-bond acceptors (Lipinski definition) is 4. The van der Waals surface area contributed by atoms with Crippen molar-refractivity contribution in [2.45, 2.75) is 33.6 Å². The lowest BCUT2D eigenvalue weighted by atomic mass is 10.2. The molecule has 2 N–H and O–H groups in total. The van der Waals surface area contributed by atoms with Gasteiger partial charge in [-0.1, -0.05) is 25.1 Å². The molecule has 0 aliphatic rings. The highest BCUT2D eigenvalue weighted by molar-refractivity contribution is 14.0. The third kappa shape index (κ3) is 7.90. The van der Waals surface area contributed by atoms with Crippen LogP contribution in [0.3, 0.4) is 0 Å². The predicted octanol–water partition coefficient (Wildman–Crippen LogP) is 3.81. The first-order valence-corrected chi connectivity index (χ1v) is 9.68. The number of nitrogens with one attached hydrogen (secondary N) is 2. The standard InChI is InChI=1S/C19H28N4OS.HI/c1-4-16-14-23-18(25-16)10-11-21-19(20-5-2)22-12-13-24-17-9-7-6-8-15(17)3;/h6-9,14H,4-5,10-13H2,1-3H3,(H2,20,21,22);1H. The number of guanidine groups is 1. The number of ether oxygens (including phenoxy) is 1. The zero-order valence-corrected chi connectivity index (χ0v) is 18.9. The number of benzene rings is 1. The van der Waals surface area contributed by atoms with Crippen LogP contribution in [0.2, 0.25) is 0 Å². The molecule has 2 aromatic rings. The summed E-state index contributed by atoms with van der Waals surface area (Å²) in [6, 6.07) is 8.05. The van der Waals surface area contributed by atoms with Crippen molar-refractivity contribution in [3.8, 4) is 5.75 Å². The number of thiazole rings is 1. The number of aromatic nitrogens is 1. The van der Waals surface area contributed by atoms with Gasteiger partial charge in [-0.15, -0.1) is 35.3 Å². The molecule has 0 saturated carbocycles. The fourth-order valence-corrected chi connectivity index (χ4v) is 3.13. The lowest BCUT2D eigenvalue weighted by Crippen LogP contribution is -2.39. The minimum Gasteiger partial charge on any atom is -0.491 e. The molecule has 0 atom stereocenters. The average Bonchev–Trinajstić information content (AvgIpc) is 3.08. The Morgan fingerprint density at radius 1 is 1.23 bits per heavy atom. The minimum absolute atomic E-state index is 0. The Balaban J connectivity index is 0.00000338. The maximum absolute atomic E-state index is 5.80. The second kappa shape index (κ2) is 12.9. The van der Waals surface area contributed by atoms with Crippen LogP contribution in [0.4, 0.5) is 0 Å². The molecule has 1 aromatic heterocycles. The molecule has 0 amide bonds. The summed E-state index contributed by atoms with van der Waals surface area (Å²) in [6.45, 7) is 9.14. The lowest BCUT2D eigenvalue weighted by Gasteiger charge is -2.12. The third-order valence-electron chi connectivity index (χ3n) is 3.64. The van der Waals surface area contributed by atoms with Crippen LogP contribution in [0.1, 0.15) is 29.3 Å². The molecule has 2 rings (SSSR count). The van der Waals surface area contributed by atoms with Gasteiger partial charge in [-0.3, -0.25) is 4.99 Å². The first kappa shape index (κ1) is 22.7. The first-order chi connectivity index (χ1) is 12.2. The fourth-order valence-electron chi connectivity index (χ4n) is 2.28. The van der Waals surface area contributed by atoms with E-state index in [1.54, 1.807) is 11.3 Å². The summed E-state index contributed by atoms with van der Waals surface area (Å²) in [5, 5.41) is 7.72. The Hall–Kier alpha value is -1.35. The molecular weight excluding hydrogens is 459 g/mol. The Morgan fingerprint density at radius 2 is 2.04 bits per heavy atom. The zero-order chi connectivity index (χ0) is 17.9. The van der Waals surface area contributed by atoms with Crippen LogP contribution in [0, 0.1) is 6.92 Å². The molecular formula is C19H29IN4OS. The van der Waals surface area contributed by atoms with Crippen molar-refractivity contribution in [2.24, 2.45) is 4.99 Å². The van der Waals surface area contributed by atoms with Gasteiger partial charge in [0.15, 0.2) is 5.96 Å². The highest BCUT2D eigenvalue weighted by Gasteiger charge is 2.02. The van der Waals surface area contributed by atoms with Crippen LogP contribution in [-0.4, -0.2) is 37.2 Å². The molecule has 0 aliphatic carbocycles. The van der Waals surface area contributed by atoms with E-state index < -0.39 is 0 Å². The molecule has 5 nitrogen and oxygen atoms in total. The highest BCUT2D eigenvalue weighted by Crippen LogP contribution is 2.15. The molecule has 7 heteroatoms. The van der Waals surface area contributed by atoms with Gasteiger partial charge < -0.3 is 15.4 Å². The van der Waals surface area contributed by atoms with Crippen LogP contribution < -0.4 is 15.4 Å². The van der Waals surface area contributed by atoms with Crippen LogP contribution in [0.15, 0.2) is 35.5 Å². The smallest absolute Gasteiger partial charge is 0.191 e. The van der Waals surface area contributed by atoms with E-state index in [9.17, 15) is 0 Å². The van der Waals surface area contributed by atoms with Crippen molar-refractivity contribution in [3.05, 3.63) is 45.9 Å². The molecule has 0 unspecified atom stereocenters. The summed E-state index contributed by atoms with van der Waals surface area (Å²) in [4.78, 5) is 10.4. The molecule has 1 heterocycles. The van der Waals surface area contributed by atoms with Gasteiger partial charge in [0.1, 0.15) is 12.4 Å². The van der Waals surface area contributed by atoms with Gasteiger partial charge in [-0.2, -0.15) is 0 Å². The highest BCUT2D eigenvalue weighted by atomic mass is 127. The number of rotatable bonds is 9. The molecule has 144 valence electrons. The molecule has 0 aliphatic heterocycles. The lowest BCUT2D eigenvalue weighted by molar-refractivity contribution is 0.320. The van der Waals surface area contributed by atoms with Gasteiger partial charge in [0, 0.05) is 30.6 Å². The summed E-state index contributed by atoms with van der Waals surface area (Å²) < 4.78 is 5.80. The van der Waals surface area contributed by atoms with E-state index in [0.717, 1.165) is 48.2 Å². The zero-order valence-electron chi connectivity index (χ0n) is 15.7. The molecule has 1 aromatic carbocycles. The van der Waals surface area contributed by atoms with Gasteiger partial charge >= 0.3 is 0 Å². The second-order valence-electron chi connectivity index (χ2n) is 5.63. The molecule has 0 spiro atoms. The Kier molecular flexibility index (Phi) is 11.3. The van der Waals surface area contributed by atoms with E-state index in [-0.39, 0.29) is 24.0 Å². The van der Waals surface area contributed by atoms with E-state index in [1.807, 2.05) is 24.4 Å². The normalized spacial score (nSPS) is 11.0. The molecule has 0 radical (unpaired) electrons. The van der Waals surface area contributed by atoms with E-state index >= 15 is 0 Å². The summed E-state index contributed by atoms with van der Waals surface area (Å²) in [6.07, 6.45) is 3.89. The van der Waals surface area contributed by atoms with Crippen molar-refractivity contribution < 1.29 is 4.74 Å². The number of hydrogen-bond donors (Lipinski definition) is 2. The van der Waals surface area contributed by atoms with Gasteiger partial charge in [0.05, 0.1) is 11.6 Å². The predicted molar refractivity (Wildman–Crippen MR) is 121 cm³/mol. The van der Waals surface area contributed by atoms with Crippen molar-refractivity contribution in [2.75, 3.05) is 26.2 Å². The quantitative estimate of drug-likeness (QED) is 0.244. The maximum atomic E-state index is 5.80. The van der Waals surface area contributed by atoms with Crippen molar-refractivity contribution in [1.82, 2.24) is 15.6 Å². The topological polar surface area (TPSA) is 58.5 Å². The Labute approximate surface area is 177 Å². The van der Waals surface area contributed by atoms with Gasteiger partial charge in [0.2, 0.25) is 0 Å². The van der Waals surface area contributed by atoms with Gasteiger partial charge in [0.25, 0.3) is 0 Å². The third-order valence-corrected chi connectivity index (χ3v) is 4.84. The second-order valence-corrected chi connectivity index (χ2v) is 6.83. The SMILES string of the molecule is CCNC(=NCCc1ncc(CC)s1)NCCOc1ccccc1C.I. The number of aliphatic imine (C=N–C) groups is 1. The van der Waals surface area contributed by atoms with E-state index in [4.69, 9.17) is 4.74 Å². The van der Waals surface area contributed by atoms with Crippen LogP contribution in [-0.2, 0) is 12.8 Å². The molecule has 0 saturated heterocycles. The summed E-state index contributed by atoms with van der Waals surface area (Å²) in [7, 11) is 0. The van der Waals surface area contributed by atoms with Gasteiger partial charge in [-0.05, 0) is 31.9 Å². The summed E-state index contributed by atoms with van der Waals surface area (Å²) in [5.74, 6) is 1.75. The van der Waals surface area contributed by atoms with Crippen molar-refractivity contribution in [3.63, 3.8) is 0 Å². The summed E-state index contributed by atoms with van der Waals surface area (Å²) >= 11 is 1.78. The Morgan fingerprint density at radius 3 is 2.73 bits per heavy atom. The number of halogens is 1. The average molecular weight is 488 g/mol. The molecule has 26 heavy (non-hydrogen) atoms.